The number of esters is 1. The lowest BCUT2D eigenvalue weighted by Gasteiger charge is -2.40. The molecule has 1 aliphatic heterocycles. The summed E-state index contributed by atoms with van der Waals surface area (Å²) in [7, 11) is 3.16. The summed E-state index contributed by atoms with van der Waals surface area (Å²) in [6, 6.07) is 3.26. The minimum atomic E-state index is -0.473. The lowest BCUT2D eigenvalue weighted by atomic mass is 9.75. The number of nitrogens with zero attached hydrogens (tertiary/aromatic N) is 1. The number of likely N-dealkylation sites (tertiary alicyclic amines) is 1. The van der Waals surface area contributed by atoms with E-state index in [0.29, 0.717) is 37.0 Å². The number of phenolic OH excluding ortho intramolecular Hbond substituents is 1. The monoisotopic (exact) mass is 385 g/mol. The van der Waals surface area contributed by atoms with Crippen molar-refractivity contribution in [2.24, 2.45) is 5.41 Å². The summed E-state index contributed by atoms with van der Waals surface area (Å²) in [5.41, 5.74) is 0.417. The van der Waals surface area contributed by atoms with E-state index in [0.717, 1.165) is 31.5 Å². The Balaban J connectivity index is 2.05. The molecule has 1 fully saturated rings. The maximum absolute atomic E-state index is 12.5. The molecule has 0 aromatic heterocycles. The molecule has 6 nitrogen and oxygen atoms in total. The lowest BCUT2D eigenvalue weighted by molar-refractivity contribution is -0.160. The first-order valence-electron chi connectivity index (χ1n) is 8.89. The highest BCUT2D eigenvalue weighted by atomic mass is 35.5. The quantitative estimate of drug-likeness (QED) is 0.693. The number of benzene rings is 1. The first kappa shape index (κ1) is 20.8. The zero-order chi connectivity index (χ0) is 19.2. The number of rotatable bonds is 8. The minimum absolute atomic E-state index is 0.0285. The van der Waals surface area contributed by atoms with Gasteiger partial charge in [0.1, 0.15) is 0 Å². The number of aromatic hydroxyl groups is 1. The van der Waals surface area contributed by atoms with Gasteiger partial charge in [-0.2, -0.15) is 0 Å². The van der Waals surface area contributed by atoms with Gasteiger partial charge in [0.2, 0.25) is 0 Å². The number of ether oxygens (including phenoxy) is 3. The molecular weight excluding hydrogens is 358 g/mol. The first-order valence-corrected chi connectivity index (χ1v) is 9.27. The smallest absolute Gasteiger partial charge is 0.312 e. The van der Waals surface area contributed by atoms with Gasteiger partial charge in [-0.15, -0.1) is 0 Å². The molecule has 7 heteroatoms. The Morgan fingerprint density at radius 2 is 2.00 bits per heavy atom. The van der Waals surface area contributed by atoms with Crippen molar-refractivity contribution < 1.29 is 24.1 Å². The maximum Gasteiger partial charge on any atom is 0.312 e. The third-order valence-corrected chi connectivity index (χ3v) is 5.40. The van der Waals surface area contributed by atoms with Crippen LogP contribution in [0, 0.1) is 5.41 Å². The van der Waals surface area contributed by atoms with E-state index in [1.807, 2.05) is 6.92 Å². The van der Waals surface area contributed by atoms with Crippen LogP contribution in [0.4, 0.5) is 0 Å². The maximum atomic E-state index is 12.5. The zero-order valence-electron chi connectivity index (χ0n) is 15.7. The standard InChI is InChI=1S/C19H28ClNO5/c1-4-26-18(23)19(7-10-24-2)5-8-21(9-6-19)13-14-11-17(25-3)16(22)12-15(14)20/h11-12,22H,4-10,13H2,1-3H3. The molecule has 0 saturated carbocycles. The summed E-state index contributed by atoms with van der Waals surface area (Å²) in [5, 5.41) is 10.3. The van der Waals surface area contributed by atoms with Gasteiger partial charge in [0, 0.05) is 31.4 Å². The summed E-state index contributed by atoms with van der Waals surface area (Å²) >= 11 is 6.26. The summed E-state index contributed by atoms with van der Waals surface area (Å²) in [6.45, 7) is 4.93. The molecule has 1 N–H and O–H groups in total. The highest BCUT2D eigenvalue weighted by Gasteiger charge is 2.42. The molecule has 1 heterocycles. The van der Waals surface area contributed by atoms with E-state index in [9.17, 15) is 9.90 Å². The fourth-order valence-corrected chi connectivity index (χ4v) is 3.61. The normalized spacial score (nSPS) is 17.1. The summed E-state index contributed by atoms with van der Waals surface area (Å²) < 4.78 is 15.7. The second-order valence-corrected chi connectivity index (χ2v) is 7.04. The Bertz CT molecular complexity index is 614. The molecule has 1 saturated heterocycles. The van der Waals surface area contributed by atoms with Crippen molar-refractivity contribution in [1.29, 1.82) is 0 Å². The van der Waals surface area contributed by atoms with E-state index in [1.54, 1.807) is 13.2 Å². The Labute approximate surface area is 160 Å². The predicted molar refractivity (Wildman–Crippen MR) is 99.7 cm³/mol. The Morgan fingerprint density at radius 3 is 2.58 bits per heavy atom. The molecule has 0 radical (unpaired) electrons. The molecule has 1 aromatic rings. The van der Waals surface area contributed by atoms with Gasteiger partial charge in [0.05, 0.1) is 19.1 Å². The van der Waals surface area contributed by atoms with Crippen molar-refractivity contribution >= 4 is 17.6 Å². The minimum Gasteiger partial charge on any atom is -0.504 e. The topological polar surface area (TPSA) is 68.2 Å². The van der Waals surface area contributed by atoms with Crippen molar-refractivity contribution in [2.75, 3.05) is 40.5 Å². The van der Waals surface area contributed by atoms with Crippen LogP contribution in [0.2, 0.25) is 5.02 Å². The Morgan fingerprint density at radius 1 is 1.31 bits per heavy atom. The molecule has 146 valence electrons. The SMILES string of the molecule is CCOC(=O)C1(CCOC)CCN(Cc2cc(OC)c(O)cc2Cl)CC1. The number of piperidine rings is 1. The van der Waals surface area contributed by atoms with Crippen LogP contribution in [-0.2, 0) is 20.8 Å². The second-order valence-electron chi connectivity index (χ2n) is 6.64. The van der Waals surface area contributed by atoms with Gasteiger partial charge >= 0.3 is 5.97 Å². The fourth-order valence-electron chi connectivity index (χ4n) is 3.39. The van der Waals surface area contributed by atoms with Gasteiger partial charge in [0.25, 0.3) is 0 Å². The number of halogens is 1. The van der Waals surface area contributed by atoms with Crippen LogP contribution < -0.4 is 4.74 Å². The van der Waals surface area contributed by atoms with Crippen LogP contribution in [0.1, 0.15) is 31.7 Å². The molecule has 0 spiro atoms. The number of carbonyl (C=O) groups excluding carboxylic acids is 1. The zero-order valence-corrected chi connectivity index (χ0v) is 16.5. The van der Waals surface area contributed by atoms with Crippen LogP contribution in [0.25, 0.3) is 0 Å². The number of carbonyl (C=O) groups is 1. The highest BCUT2D eigenvalue weighted by molar-refractivity contribution is 6.31. The number of methoxy groups -OCH3 is 2. The van der Waals surface area contributed by atoms with Crippen molar-refractivity contribution in [3.63, 3.8) is 0 Å². The molecule has 0 aliphatic carbocycles. The molecule has 0 unspecified atom stereocenters. The van der Waals surface area contributed by atoms with Crippen LogP contribution in [-0.4, -0.2) is 56.5 Å². The van der Waals surface area contributed by atoms with E-state index in [1.165, 1.54) is 13.2 Å². The summed E-state index contributed by atoms with van der Waals surface area (Å²) in [6.07, 6.45) is 2.12. The molecule has 26 heavy (non-hydrogen) atoms. The Hall–Kier alpha value is -1.50. The molecule has 2 rings (SSSR count). The number of phenols is 1. The highest BCUT2D eigenvalue weighted by Crippen LogP contribution is 2.38. The number of hydrogen-bond donors (Lipinski definition) is 1. The van der Waals surface area contributed by atoms with Crippen LogP contribution in [0.3, 0.4) is 0 Å². The van der Waals surface area contributed by atoms with Crippen LogP contribution >= 0.6 is 11.6 Å². The van der Waals surface area contributed by atoms with Crippen molar-refractivity contribution in [2.45, 2.75) is 32.7 Å². The van der Waals surface area contributed by atoms with E-state index >= 15 is 0 Å². The number of hydrogen-bond acceptors (Lipinski definition) is 6. The average molecular weight is 386 g/mol. The van der Waals surface area contributed by atoms with Crippen molar-refractivity contribution in [3.05, 3.63) is 22.7 Å². The van der Waals surface area contributed by atoms with Gasteiger partial charge < -0.3 is 19.3 Å². The summed E-state index contributed by atoms with van der Waals surface area (Å²) in [4.78, 5) is 14.8. The third kappa shape index (κ3) is 4.81. The van der Waals surface area contributed by atoms with Crippen molar-refractivity contribution in [3.8, 4) is 11.5 Å². The van der Waals surface area contributed by atoms with E-state index < -0.39 is 5.41 Å². The molecular formula is C19H28ClNO5. The van der Waals surface area contributed by atoms with Crippen LogP contribution in [0.15, 0.2) is 12.1 Å². The molecule has 1 aromatic carbocycles. The van der Waals surface area contributed by atoms with Gasteiger partial charge in [-0.1, -0.05) is 11.6 Å². The van der Waals surface area contributed by atoms with E-state index in [4.69, 9.17) is 25.8 Å². The van der Waals surface area contributed by atoms with Gasteiger partial charge in [-0.25, -0.2) is 0 Å². The predicted octanol–water partition coefficient (Wildman–Crippen LogP) is 3.24. The van der Waals surface area contributed by atoms with E-state index in [-0.39, 0.29) is 11.7 Å². The lowest BCUT2D eigenvalue weighted by Crippen LogP contribution is -2.45. The first-order chi connectivity index (χ1) is 12.5. The van der Waals surface area contributed by atoms with Gasteiger partial charge in [-0.3, -0.25) is 9.69 Å². The van der Waals surface area contributed by atoms with E-state index in [2.05, 4.69) is 4.90 Å². The van der Waals surface area contributed by atoms with Crippen molar-refractivity contribution in [1.82, 2.24) is 4.90 Å². The fraction of sp³-hybridized carbons (Fsp3) is 0.632. The molecule has 1 aliphatic rings. The molecule has 0 amide bonds. The van der Waals surface area contributed by atoms with Gasteiger partial charge in [0.15, 0.2) is 11.5 Å². The Kier molecular flexibility index (Phi) is 7.55. The van der Waals surface area contributed by atoms with Gasteiger partial charge in [-0.05, 0) is 50.9 Å². The summed E-state index contributed by atoms with van der Waals surface area (Å²) in [5.74, 6) is 0.309. The van der Waals surface area contributed by atoms with Crippen LogP contribution in [0.5, 0.6) is 11.5 Å². The average Bonchev–Trinajstić information content (AvgIpc) is 2.63. The third-order valence-electron chi connectivity index (χ3n) is 5.05. The molecule has 0 bridgehead atoms. The largest absolute Gasteiger partial charge is 0.504 e. The molecule has 0 atom stereocenters. The second kappa shape index (κ2) is 9.44.